The molecule has 5 heteroatoms. The van der Waals surface area contributed by atoms with E-state index in [0.717, 1.165) is 5.56 Å². The summed E-state index contributed by atoms with van der Waals surface area (Å²) in [6.45, 7) is 0.132. The van der Waals surface area contributed by atoms with Crippen molar-refractivity contribution in [3.8, 4) is 0 Å². The Morgan fingerprint density at radius 2 is 2.12 bits per heavy atom. The molecule has 84 valence electrons. The van der Waals surface area contributed by atoms with E-state index < -0.39 is 11.3 Å². The molecule has 1 fully saturated rings. The molecule has 0 aromatic heterocycles. The molecule has 2 rings (SSSR count). The summed E-state index contributed by atoms with van der Waals surface area (Å²) in [4.78, 5) is 23.6. The molecular weight excluding hydrogens is 230 g/mol. The fourth-order valence-electron chi connectivity index (χ4n) is 1.71. The van der Waals surface area contributed by atoms with Crippen LogP contribution in [-0.2, 0) is 9.53 Å². The summed E-state index contributed by atoms with van der Waals surface area (Å²) >= 11 is 5.29. The van der Waals surface area contributed by atoms with E-state index >= 15 is 0 Å². The lowest BCUT2D eigenvalue weighted by molar-refractivity contribution is -0.112. The number of nitrogens with zero attached hydrogens (tertiary/aromatic N) is 1. The molecule has 0 aliphatic carbocycles. The molecule has 4 nitrogen and oxygen atoms in total. The Bertz CT molecular complexity index is 407. The monoisotopic (exact) mass is 239 g/mol. The van der Waals surface area contributed by atoms with Gasteiger partial charge < -0.3 is 4.74 Å². The van der Waals surface area contributed by atoms with Crippen molar-refractivity contribution in [2.75, 3.05) is 13.2 Å². The van der Waals surface area contributed by atoms with E-state index in [-0.39, 0.29) is 19.2 Å². The molecule has 1 aliphatic heterocycles. The molecule has 1 aromatic rings. The molecule has 0 radical (unpaired) electrons. The molecule has 0 N–H and O–H groups in total. The minimum Gasteiger partial charge on any atom is -0.447 e. The summed E-state index contributed by atoms with van der Waals surface area (Å²) in [5.41, 5.74) is 0.936. The van der Waals surface area contributed by atoms with Gasteiger partial charge in [-0.1, -0.05) is 30.3 Å². The third kappa shape index (κ3) is 2.17. The smallest absolute Gasteiger partial charge is 0.410 e. The fourth-order valence-corrected chi connectivity index (χ4v) is 1.84. The van der Waals surface area contributed by atoms with Gasteiger partial charge in [-0.25, -0.2) is 4.79 Å². The average molecular weight is 240 g/mol. The van der Waals surface area contributed by atoms with Gasteiger partial charge in [0.1, 0.15) is 6.61 Å². The average Bonchev–Trinajstić information content (AvgIpc) is 2.61. The lowest BCUT2D eigenvalue weighted by atomic mass is 10.1. The highest BCUT2D eigenvalue weighted by Gasteiger charge is 2.34. The highest BCUT2D eigenvalue weighted by Crippen LogP contribution is 2.27. The normalized spacial score (nSPS) is 19.7. The Labute approximate surface area is 97.7 Å². The second-order valence-electron chi connectivity index (χ2n) is 3.49. The summed E-state index contributed by atoms with van der Waals surface area (Å²) in [6, 6.07) is 9.18. The number of hydrogen-bond donors (Lipinski definition) is 0. The van der Waals surface area contributed by atoms with Crippen molar-refractivity contribution < 1.29 is 14.3 Å². The number of halogens is 1. The van der Waals surface area contributed by atoms with E-state index in [1.807, 2.05) is 30.3 Å². The predicted octanol–water partition coefficient (Wildman–Crippen LogP) is 1.95. The van der Waals surface area contributed by atoms with Gasteiger partial charge in [0, 0.05) is 0 Å². The summed E-state index contributed by atoms with van der Waals surface area (Å²) in [5.74, 6) is 0. The standard InChI is InChI=1S/C11H10ClNO3/c12-10(14)6-13-9(7-16-11(13)15)8-4-2-1-3-5-8/h1-5,9H,6-7H2/t9-/m1/s1. The molecule has 0 unspecified atom stereocenters. The molecule has 1 heterocycles. The second-order valence-corrected chi connectivity index (χ2v) is 3.91. The van der Waals surface area contributed by atoms with Crippen LogP contribution in [0.1, 0.15) is 11.6 Å². The number of rotatable bonds is 3. The van der Waals surface area contributed by atoms with Crippen LogP contribution in [0.3, 0.4) is 0 Å². The van der Waals surface area contributed by atoms with Crippen molar-refractivity contribution in [3.63, 3.8) is 0 Å². The largest absolute Gasteiger partial charge is 0.447 e. The van der Waals surface area contributed by atoms with Gasteiger partial charge in [-0.15, -0.1) is 0 Å². The molecular formula is C11H10ClNO3. The van der Waals surface area contributed by atoms with E-state index in [2.05, 4.69) is 0 Å². The van der Waals surface area contributed by atoms with Gasteiger partial charge in [-0.2, -0.15) is 0 Å². The van der Waals surface area contributed by atoms with Crippen LogP contribution in [0.5, 0.6) is 0 Å². The first kappa shape index (κ1) is 11.0. The maximum absolute atomic E-state index is 11.4. The van der Waals surface area contributed by atoms with Crippen molar-refractivity contribution in [2.24, 2.45) is 0 Å². The predicted molar refractivity (Wildman–Crippen MR) is 58.1 cm³/mol. The van der Waals surface area contributed by atoms with E-state index in [0.29, 0.717) is 0 Å². The number of ether oxygens (including phenoxy) is 1. The number of hydrogen-bond acceptors (Lipinski definition) is 3. The summed E-state index contributed by atoms with van der Waals surface area (Å²) in [7, 11) is 0. The van der Waals surface area contributed by atoms with Crippen molar-refractivity contribution in [1.29, 1.82) is 0 Å². The number of carbonyl (C=O) groups is 2. The molecule has 1 aliphatic rings. The minimum absolute atomic E-state index is 0.125. The molecule has 1 amide bonds. The van der Waals surface area contributed by atoms with Gasteiger partial charge >= 0.3 is 6.09 Å². The van der Waals surface area contributed by atoms with E-state index in [1.165, 1.54) is 4.90 Å². The zero-order valence-electron chi connectivity index (χ0n) is 8.43. The molecule has 1 saturated heterocycles. The maximum atomic E-state index is 11.4. The van der Waals surface area contributed by atoms with Crippen molar-refractivity contribution >= 4 is 22.9 Å². The highest BCUT2D eigenvalue weighted by molar-refractivity contribution is 6.64. The van der Waals surface area contributed by atoms with E-state index in [9.17, 15) is 9.59 Å². The third-order valence-corrected chi connectivity index (χ3v) is 2.57. The number of amides is 1. The van der Waals surface area contributed by atoms with Gasteiger partial charge in [0.25, 0.3) is 0 Å². The van der Waals surface area contributed by atoms with Crippen LogP contribution in [-0.4, -0.2) is 29.4 Å². The molecule has 0 spiro atoms. The van der Waals surface area contributed by atoms with Crippen molar-refractivity contribution in [3.05, 3.63) is 35.9 Å². The zero-order valence-corrected chi connectivity index (χ0v) is 9.18. The lowest BCUT2D eigenvalue weighted by Crippen LogP contribution is -2.31. The van der Waals surface area contributed by atoms with Crippen molar-refractivity contribution in [1.82, 2.24) is 4.90 Å². The first-order valence-corrected chi connectivity index (χ1v) is 5.23. The van der Waals surface area contributed by atoms with Crippen LogP contribution < -0.4 is 0 Å². The van der Waals surface area contributed by atoms with Crippen LogP contribution in [0.25, 0.3) is 0 Å². The van der Waals surface area contributed by atoms with E-state index in [1.54, 1.807) is 0 Å². The minimum atomic E-state index is -0.570. The van der Waals surface area contributed by atoms with Crippen molar-refractivity contribution in [2.45, 2.75) is 6.04 Å². The van der Waals surface area contributed by atoms with Crippen LogP contribution >= 0.6 is 11.6 Å². The quantitative estimate of drug-likeness (QED) is 0.758. The van der Waals surface area contributed by atoms with Gasteiger partial charge in [-0.05, 0) is 17.2 Å². The maximum Gasteiger partial charge on any atom is 0.410 e. The van der Waals surface area contributed by atoms with Gasteiger partial charge in [0.05, 0.1) is 12.6 Å². The van der Waals surface area contributed by atoms with Gasteiger partial charge in [0.15, 0.2) is 0 Å². The summed E-state index contributed by atoms with van der Waals surface area (Å²) in [5, 5.41) is -0.570. The lowest BCUT2D eigenvalue weighted by Gasteiger charge is -2.19. The third-order valence-electron chi connectivity index (χ3n) is 2.45. The second kappa shape index (κ2) is 4.53. The Balaban J connectivity index is 2.21. The summed E-state index contributed by atoms with van der Waals surface area (Å²) < 4.78 is 4.91. The zero-order chi connectivity index (χ0) is 11.5. The molecule has 16 heavy (non-hydrogen) atoms. The Hall–Kier alpha value is -1.55. The van der Waals surface area contributed by atoms with Crippen LogP contribution in [0, 0.1) is 0 Å². The molecule has 0 saturated carbocycles. The Morgan fingerprint density at radius 1 is 1.44 bits per heavy atom. The number of benzene rings is 1. The van der Waals surface area contributed by atoms with Gasteiger partial charge in [-0.3, -0.25) is 9.69 Å². The molecule has 0 bridgehead atoms. The Morgan fingerprint density at radius 3 is 2.75 bits per heavy atom. The first-order chi connectivity index (χ1) is 7.68. The van der Waals surface area contributed by atoms with Crippen LogP contribution in [0.2, 0.25) is 0 Å². The topological polar surface area (TPSA) is 46.6 Å². The van der Waals surface area contributed by atoms with Gasteiger partial charge in [0.2, 0.25) is 5.24 Å². The van der Waals surface area contributed by atoms with Crippen LogP contribution in [0.15, 0.2) is 30.3 Å². The van der Waals surface area contributed by atoms with E-state index in [4.69, 9.17) is 16.3 Å². The Kier molecular flexibility index (Phi) is 3.10. The molecule has 1 atom stereocenters. The van der Waals surface area contributed by atoms with Crippen LogP contribution in [0.4, 0.5) is 4.79 Å². The number of carbonyl (C=O) groups excluding carboxylic acids is 2. The SMILES string of the molecule is O=C(Cl)CN1C(=O)OC[C@@H]1c1ccccc1. The highest BCUT2D eigenvalue weighted by atomic mass is 35.5. The first-order valence-electron chi connectivity index (χ1n) is 4.85. The fraction of sp³-hybridized carbons (Fsp3) is 0.273. The summed E-state index contributed by atoms with van der Waals surface area (Å²) in [6.07, 6.45) is -0.497. The number of cyclic esters (lactones) is 1. The molecule has 1 aromatic carbocycles.